The van der Waals surface area contributed by atoms with E-state index < -0.39 is 0 Å². The molecule has 5 heteroatoms. The van der Waals surface area contributed by atoms with Gasteiger partial charge in [0.1, 0.15) is 0 Å². The van der Waals surface area contributed by atoms with Gasteiger partial charge in [0.25, 0.3) is 0 Å². The molecule has 82 valence electrons. The first-order chi connectivity index (χ1) is 6.70. The molecule has 0 rings (SSSR count). The Bertz CT molecular complexity index is 192. The second-order valence-corrected chi connectivity index (χ2v) is 2.75. The summed E-state index contributed by atoms with van der Waals surface area (Å²) in [6.07, 6.45) is 1.27. The number of carbonyl (C=O) groups excluding carboxylic acids is 1. The standard InChI is InChI=1S/C9H19N3O2/c1-3-6-11-9(10)12-7-5-8(13)14-4-2/h3-7H2,1-2H3,(H3,10,11,12). The first-order valence-corrected chi connectivity index (χ1v) is 4.90. The van der Waals surface area contributed by atoms with Crippen molar-refractivity contribution in [1.82, 2.24) is 5.32 Å². The molecule has 0 bridgehead atoms. The Morgan fingerprint density at radius 2 is 2.21 bits per heavy atom. The molecular weight excluding hydrogens is 182 g/mol. The summed E-state index contributed by atoms with van der Waals surface area (Å²) >= 11 is 0. The van der Waals surface area contributed by atoms with Gasteiger partial charge in [0.2, 0.25) is 0 Å². The monoisotopic (exact) mass is 201 g/mol. The average molecular weight is 201 g/mol. The number of guanidine groups is 1. The van der Waals surface area contributed by atoms with E-state index in [4.69, 9.17) is 10.5 Å². The highest BCUT2D eigenvalue weighted by Gasteiger charge is 2.00. The zero-order valence-corrected chi connectivity index (χ0v) is 8.88. The van der Waals surface area contributed by atoms with Crippen LogP contribution in [0.15, 0.2) is 4.99 Å². The Labute approximate surface area is 84.7 Å². The van der Waals surface area contributed by atoms with Gasteiger partial charge in [0, 0.05) is 13.1 Å². The molecule has 0 aliphatic heterocycles. The highest BCUT2D eigenvalue weighted by molar-refractivity contribution is 5.78. The van der Waals surface area contributed by atoms with Crippen molar-refractivity contribution < 1.29 is 9.53 Å². The average Bonchev–Trinajstić information content (AvgIpc) is 2.15. The maximum Gasteiger partial charge on any atom is 0.307 e. The van der Waals surface area contributed by atoms with Crippen LogP contribution in [0.25, 0.3) is 0 Å². The summed E-state index contributed by atoms with van der Waals surface area (Å²) < 4.78 is 4.75. The van der Waals surface area contributed by atoms with Gasteiger partial charge in [-0.3, -0.25) is 9.79 Å². The van der Waals surface area contributed by atoms with Crippen LogP contribution in [0.3, 0.4) is 0 Å². The quantitative estimate of drug-likeness (QED) is 0.367. The minimum Gasteiger partial charge on any atom is -0.466 e. The van der Waals surface area contributed by atoms with Crippen LogP contribution in [0.2, 0.25) is 0 Å². The normalized spacial score (nSPS) is 11.1. The van der Waals surface area contributed by atoms with E-state index >= 15 is 0 Å². The van der Waals surface area contributed by atoms with Crippen molar-refractivity contribution in [2.24, 2.45) is 10.7 Å². The predicted octanol–water partition coefficient (Wildman–Crippen LogP) is 0.254. The Hall–Kier alpha value is -1.26. The van der Waals surface area contributed by atoms with E-state index in [1.165, 1.54) is 0 Å². The lowest BCUT2D eigenvalue weighted by molar-refractivity contribution is -0.142. The Kier molecular flexibility index (Phi) is 7.59. The summed E-state index contributed by atoms with van der Waals surface area (Å²) in [6.45, 7) is 5.39. The Balaban J connectivity index is 3.48. The number of nitrogens with zero attached hydrogens (tertiary/aromatic N) is 1. The van der Waals surface area contributed by atoms with Crippen molar-refractivity contribution in [2.75, 3.05) is 19.7 Å². The molecular formula is C9H19N3O2. The first-order valence-electron chi connectivity index (χ1n) is 4.90. The van der Waals surface area contributed by atoms with Crippen LogP contribution in [0.5, 0.6) is 0 Å². The van der Waals surface area contributed by atoms with E-state index in [9.17, 15) is 4.79 Å². The van der Waals surface area contributed by atoms with Gasteiger partial charge >= 0.3 is 5.97 Å². The van der Waals surface area contributed by atoms with Gasteiger partial charge in [0.15, 0.2) is 5.96 Å². The third-order valence-electron chi connectivity index (χ3n) is 1.45. The maximum atomic E-state index is 10.9. The van der Waals surface area contributed by atoms with Gasteiger partial charge in [-0.2, -0.15) is 0 Å². The summed E-state index contributed by atoms with van der Waals surface area (Å²) in [4.78, 5) is 14.9. The highest BCUT2D eigenvalue weighted by Crippen LogP contribution is 1.84. The van der Waals surface area contributed by atoms with Crippen LogP contribution < -0.4 is 11.1 Å². The Morgan fingerprint density at radius 3 is 2.79 bits per heavy atom. The lowest BCUT2D eigenvalue weighted by atomic mass is 10.4. The number of hydrogen-bond acceptors (Lipinski definition) is 3. The maximum absolute atomic E-state index is 10.9. The number of esters is 1. The third kappa shape index (κ3) is 7.39. The number of nitrogens with two attached hydrogens (primary N) is 1. The number of hydrogen-bond donors (Lipinski definition) is 2. The van der Waals surface area contributed by atoms with Gasteiger partial charge in [-0.1, -0.05) is 6.92 Å². The van der Waals surface area contributed by atoms with E-state index in [-0.39, 0.29) is 5.97 Å². The van der Waals surface area contributed by atoms with Crippen LogP contribution in [0, 0.1) is 0 Å². The van der Waals surface area contributed by atoms with Crippen LogP contribution in [0.4, 0.5) is 0 Å². The molecule has 0 spiro atoms. The van der Waals surface area contributed by atoms with Gasteiger partial charge in [-0.15, -0.1) is 0 Å². The van der Waals surface area contributed by atoms with E-state index in [1.54, 1.807) is 6.92 Å². The fourth-order valence-corrected chi connectivity index (χ4v) is 0.814. The molecule has 0 aliphatic rings. The van der Waals surface area contributed by atoms with Crippen LogP contribution in [0.1, 0.15) is 26.7 Å². The highest BCUT2D eigenvalue weighted by atomic mass is 16.5. The molecule has 3 N–H and O–H groups in total. The van der Waals surface area contributed by atoms with Crippen molar-refractivity contribution in [3.63, 3.8) is 0 Å². The van der Waals surface area contributed by atoms with Crippen molar-refractivity contribution >= 4 is 11.9 Å². The van der Waals surface area contributed by atoms with Gasteiger partial charge < -0.3 is 15.8 Å². The molecule has 0 aromatic carbocycles. The zero-order valence-electron chi connectivity index (χ0n) is 8.88. The minimum atomic E-state index is -0.219. The van der Waals surface area contributed by atoms with Gasteiger partial charge in [-0.05, 0) is 13.3 Å². The van der Waals surface area contributed by atoms with Crippen molar-refractivity contribution in [2.45, 2.75) is 26.7 Å². The van der Waals surface area contributed by atoms with Gasteiger partial charge in [0.05, 0.1) is 13.0 Å². The molecule has 0 aliphatic carbocycles. The smallest absolute Gasteiger partial charge is 0.307 e. The second-order valence-electron chi connectivity index (χ2n) is 2.75. The molecule has 5 nitrogen and oxygen atoms in total. The fraction of sp³-hybridized carbons (Fsp3) is 0.778. The van der Waals surface area contributed by atoms with Crippen molar-refractivity contribution in [3.05, 3.63) is 0 Å². The molecule has 0 saturated heterocycles. The summed E-state index contributed by atoms with van der Waals surface area (Å²) in [5, 5.41) is 2.83. The Morgan fingerprint density at radius 1 is 1.50 bits per heavy atom. The number of aliphatic imine (C=N–C) groups is 1. The number of nitrogens with one attached hydrogen (secondary N) is 1. The molecule has 0 atom stereocenters. The number of ether oxygens (including phenoxy) is 1. The van der Waals surface area contributed by atoms with Crippen LogP contribution >= 0.6 is 0 Å². The third-order valence-corrected chi connectivity index (χ3v) is 1.45. The number of rotatable bonds is 6. The molecule has 0 unspecified atom stereocenters. The molecule has 0 radical (unpaired) electrons. The SMILES string of the molecule is CCCN=C(N)NCCC(=O)OCC. The molecule has 0 fully saturated rings. The minimum absolute atomic E-state index is 0.219. The lowest BCUT2D eigenvalue weighted by Crippen LogP contribution is -2.33. The summed E-state index contributed by atoms with van der Waals surface area (Å²) in [6, 6.07) is 0. The number of carbonyl (C=O) groups is 1. The second kappa shape index (κ2) is 8.34. The topological polar surface area (TPSA) is 76.7 Å². The van der Waals surface area contributed by atoms with E-state index in [2.05, 4.69) is 10.3 Å². The molecule has 0 amide bonds. The predicted molar refractivity (Wildman–Crippen MR) is 56.0 cm³/mol. The molecule has 0 aromatic heterocycles. The summed E-state index contributed by atoms with van der Waals surface area (Å²) in [5.74, 6) is 0.166. The lowest BCUT2D eigenvalue weighted by Gasteiger charge is -2.04. The molecule has 0 saturated carbocycles. The van der Waals surface area contributed by atoms with Crippen molar-refractivity contribution in [1.29, 1.82) is 0 Å². The summed E-state index contributed by atoms with van der Waals surface area (Å²) in [7, 11) is 0. The summed E-state index contributed by atoms with van der Waals surface area (Å²) in [5.41, 5.74) is 5.51. The van der Waals surface area contributed by atoms with Crippen molar-refractivity contribution in [3.8, 4) is 0 Å². The first kappa shape index (κ1) is 12.7. The molecule has 0 aromatic rings. The van der Waals surface area contributed by atoms with Crippen LogP contribution in [-0.2, 0) is 9.53 Å². The van der Waals surface area contributed by atoms with E-state index in [1.807, 2.05) is 6.92 Å². The fourth-order valence-electron chi connectivity index (χ4n) is 0.814. The largest absolute Gasteiger partial charge is 0.466 e. The van der Waals surface area contributed by atoms with E-state index in [0.717, 1.165) is 6.42 Å². The van der Waals surface area contributed by atoms with Gasteiger partial charge in [-0.25, -0.2) is 0 Å². The van der Waals surface area contributed by atoms with E-state index in [0.29, 0.717) is 32.1 Å². The molecule has 14 heavy (non-hydrogen) atoms. The molecule has 0 heterocycles. The van der Waals surface area contributed by atoms with Crippen LogP contribution in [-0.4, -0.2) is 31.6 Å². The zero-order chi connectivity index (χ0) is 10.8.